The number of hydrogen-bond donors (Lipinski definition) is 0. The summed E-state index contributed by atoms with van der Waals surface area (Å²) in [4.78, 5) is 35.2. The summed E-state index contributed by atoms with van der Waals surface area (Å²) < 4.78 is 3.51. The fourth-order valence-electron chi connectivity index (χ4n) is 5.66. The molecule has 0 bridgehead atoms. The second-order valence-electron chi connectivity index (χ2n) is 10.4. The number of aromatic nitrogens is 5. The van der Waals surface area contributed by atoms with Crippen LogP contribution in [0.4, 0.5) is 0 Å². The maximum Gasteiger partial charge on any atom is 0.273 e. The van der Waals surface area contributed by atoms with Gasteiger partial charge in [0.25, 0.3) is 11.8 Å². The Hall–Kier alpha value is -4.49. The first-order valence-electron chi connectivity index (χ1n) is 13.1. The van der Waals surface area contributed by atoms with Crippen LogP contribution in [0.15, 0.2) is 55.1 Å². The van der Waals surface area contributed by atoms with E-state index in [9.17, 15) is 14.9 Å². The zero-order chi connectivity index (χ0) is 28.1. The van der Waals surface area contributed by atoms with Crippen molar-refractivity contribution in [2.45, 2.75) is 51.9 Å². The summed E-state index contributed by atoms with van der Waals surface area (Å²) in [6.45, 7) is 6.80. The summed E-state index contributed by atoms with van der Waals surface area (Å²) in [5.74, 6) is -0.375. The molecule has 0 spiro atoms. The van der Waals surface area contributed by atoms with Gasteiger partial charge in [-0.25, -0.2) is 9.67 Å². The van der Waals surface area contributed by atoms with Crippen LogP contribution >= 0.6 is 11.6 Å². The van der Waals surface area contributed by atoms with Crippen molar-refractivity contribution in [3.05, 3.63) is 93.8 Å². The van der Waals surface area contributed by atoms with Crippen molar-refractivity contribution in [3.8, 4) is 11.8 Å². The maximum absolute atomic E-state index is 14.0. The molecule has 2 aromatic carbocycles. The molecule has 2 aliphatic heterocycles. The highest BCUT2D eigenvalue weighted by molar-refractivity contribution is 6.35. The van der Waals surface area contributed by atoms with Gasteiger partial charge in [-0.3, -0.25) is 14.3 Å². The molecule has 11 heteroatoms. The highest BCUT2D eigenvalue weighted by atomic mass is 35.5. The summed E-state index contributed by atoms with van der Waals surface area (Å²) >= 11 is 6.40. The lowest BCUT2D eigenvalue weighted by molar-refractivity contribution is 0.0574. The zero-order valence-electron chi connectivity index (χ0n) is 22.3. The molecule has 0 radical (unpaired) electrons. The minimum Gasteiger partial charge on any atom is -0.331 e. The molecular weight excluding hydrogens is 528 g/mol. The first-order valence-corrected chi connectivity index (χ1v) is 13.5. The minimum atomic E-state index is -0.269. The quantitative estimate of drug-likeness (QED) is 0.370. The lowest BCUT2D eigenvalue weighted by atomic mass is 9.96. The van der Waals surface area contributed by atoms with E-state index in [0.717, 1.165) is 22.5 Å². The highest BCUT2D eigenvalue weighted by Crippen LogP contribution is 2.36. The predicted molar refractivity (Wildman–Crippen MR) is 147 cm³/mol. The SMILES string of the molecule is CC(c1ccc(-n2cncn2)cc1)N1C[C@@H](C)n2nc3c(c2C1=O)CN(C(=O)c1cccc(C#N)c1Cl)[C@H](C)C3. The Labute approximate surface area is 236 Å². The molecule has 202 valence electrons. The van der Waals surface area contributed by atoms with Crippen LogP contribution in [0.25, 0.3) is 5.69 Å². The normalized spacial score (nSPS) is 19.1. The fourth-order valence-corrected chi connectivity index (χ4v) is 5.91. The number of nitrogens with zero attached hydrogens (tertiary/aromatic N) is 8. The van der Waals surface area contributed by atoms with E-state index in [2.05, 4.69) is 17.0 Å². The number of benzene rings is 2. The molecule has 2 amide bonds. The lowest BCUT2D eigenvalue weighted by Crippen LogP contribution is -2.45. The van der Waals surface area contributed by atoms with Crippen LogP contribution < -0.4 is 0 Å². The molecule has 0 saturated heterocycles. The molecule has 2 aromatic heterocycles. The van der Waals surface area contributed by atoms with Crippen molar-refractivity contribution >= 4 is 23.4 Å². The van der Waals surface area contributed by atoms with E-state index in [1.54, 1.807) is 34.1 Å². The van der Waals surface area contributed by atoms with E-state index in [0.29, 0.717) is 18.7 Å². The first kappa shape index (κ1) is 25.8. The van der Waals surface area contributed by atoms with E-state index < -0.39 is 0 Å². The third-order valence-corrected chi connectivity index (χ3v) is 8.33. The molecule has 0 aliphatic carbocycles. The molecular formula is C29H27ClN8O2. The molecule has 4 aromatic rings. The number of halogens is 1. The van der Waals surface area contributed by atoms with E-state index in [1.165, 1.54) is 6.33 Å². The van der Waals surface area contributed by atoms with Crippen LogP contribution in [0.1, 0.15) is 76.1 Å². The molecule has 2 aliphatic rings. The second-order valence-corrected chi connectivity index (χ2v) is 10.8. The van der Waals surface area contributed by atoms with Gasteiger partial charge in [-0.15, -0.1) is 0 Å². The zero-order valence-corrected chi connectivity index (χ0v) is 23.1. The number of carbonyl (C=O) groups excluding carboxylic acids is 2. The Morgan fingerprint density at radius 1 is 1.15 bits per heavy atom. The van der Waals surface area contributed by atoms with Crippen molar-refractivity contribution < 1.29 is 9.59 Å². The van der Waals surface area contributed by atoms with Crippen molar-refractivity contribution in [2.24, 2.45) is 0 Å². The maximum atomic E-state index is 14.0. The van der Waals surface area contributed by atoms with E-state index in [-0.39, 0.29) is 52.6 Å². The van der Waals surface area contributed by atoms with Gasteiger partial charge in [0.05, 0.1) is 46.2 Å². The standard InChI is InChI=1S/C29H27ClN8O2/c1-17-11-25-24(14-35(17)28(39)23-6-4-5-21(12-31)26(23)30)27-29(40)36(13-18(2)38(27)34-25)19(3)20-7-9-22(10-8-20)37-16-32-15-33-37/h4-10,15-19H,11,13-14H2,1-3H3/t17-,18-,19?/m1/s1. The molecule has 40 heavy (non-hydrogen) atoms. The third kappa shape index (κ3) is 4.14. The average molecular weight is 555 g/mol. The number of nitriles is 1. The van der Waals surface area contributed by atoms with Crippen LogP contribution in [-0.2, 0) is 13.0 Å². The van der Waals surface area contributed by atoms with Crippen LogP contribution in [0.2, 0.25) is 5.02 Å². The third-order valence-electron chi connectivity index (χ3n) is 7.92. The summed E-state index contributed by atoms with van der Waals surface area (Å²) in [7, 11) is 0. The van der Waals surface area contributed by atoms with Gasteiger partial charge in [0.1, 0.15) is 24.4 Å². The van der Waals surface area contributed by atoms with Crippen LogP contribution in [-0.4, -0.2) is 58.7 Å². The second kappa shape index (κ2) is 9.92. The van der Waals surface area contributed by atoms with E-state index in [1.807, 2.05) is 53.8 Å². The van der Waals surface area contributed by atoms with Crippen LogP contribution in [0.3, 0.4) is 0 Å². The van der Waals surface area contributed by atoms with Crippen molar-refractivity contribution in [1.82, 2.24) is 34.3 Å². The highest BCUT2D eigenvalue weighted by Gasteiger charge is 2.40. The van der Waals surface area contributed by atoms with Gasteiger partial charge in [-0.1, -0.05) is 29.8 Å². The van der Waals surface area contributed by atoms with Gasteiger partial charge in [0.2, 0.25) is 0 Å². The number of rotatable bonds is 4. The van der Waals surface area contributed by atoms with Crippen molar-refractivity contribution in [3.63, 3.8) is 0 Å². The first-order chi connectivity index (χ1) is 19.3. The number of amides is 2. The molecule has 6 rings (SSSR count). The average Bonchev–Trinajstić information content (AvgIpc) is 3.63. The molecule has 0 fully saturated rings. The molecule has 1 unspecified atom stereocenters. The Bertz CT molecular complexity index is 1650. The summed E-state index contributed by atoms with van der Waals surface area (Å²) in [6, 6.07) is 14.5. The largest absolute Gasteiger partial charge is 0.331 e. The van der Waals surface area contributed by atoms with Gasteiger partial charge in [0.15, 0.2) is 0 Å². The number of fused-ring (bicyclic) bond motifs is 3. The fraction of sp³-hybridized carbons (Fsp3) is 0.310. The van der Waals surface area contributed by atoms with E-state index in [4.69, 9.17) is 16.7 Å². The topological polar surface area (TPSA) is 113 Å². The van der Waals surface area contributed by atoms with Crippen LogP contribution in [0, 0.1) is 11.3 Å². The summed E-state index contributed by atoms with van der Waals surface area (Å²) in [5, 5.41) is 18.5. The van der Waals surface area contributed by atoms with Crippen molar-refractivity contribution in [2.75, 3.05) is 6.54 Å². The summed E-state index contributed by atoms with van der Waals surface area (Å²) in [5.41, 5.74) is 4.57. The van der Waals surface area contributed by atoms with Gasteiger partial charge >= 0.3 is 0 Å². The number of hydrogen-bond acceptors (Lipinski definition) is 6. The Morgan fingerprint density at radius 2 is 1.93 bits per heavy atom. The molecule has 10 nitrogen and oxygen atoms in total. The predicted octanol–water partition coefficient (Wildman–Crippen LogP) is 4.35. The monoisotopic (exact) mass is 554 g/mol. The van der Waals surface area contributed by atoms with Gasteiger partial charge in [-0.05, 0) is 50.6 Å². The van der Waals surface area contributed by atoms with Crippen LogP contribution in [0.5, 0.6) is 0 Å². The Morgan fingerprint density at radius 3 is 2.62 bits per heavy atom. The molecule has 0 saturated carbocycles. The Balaban J connectivity index is 1.30. The lowest BCUT2D eigenvalue weighted by Gasteiger charge is -2.37. The molecule has 3 atom stereocenters. The van der Waals surface area contributed by atoms with Gasteiger partial charge in [-0.2, -0.15) is 15.5 Å². The molecule has 0 N–H and O–H groups in total. The van der Waals surface area contributed by atoms with E-state index >= 15 is 0 Å². The van der Waals surface area contributed by atoms with Gasteiger partial charge < -0.3 is 9.80 Å². The minimum absolute atomic E-state index is 0.0311. The molecule has 4 heterocycles. The summed E-state index contributed by atoms with van der Waals surface area (Å²) in [6.07, 6.45) is 3.65. The van der Waals surface area contributed by atoms with Gasteiger partial charge in [0, 0.05) is 24.6 Å². The van der Waals surface area contributed by atoms with Crippen molar-refractivity contribution in [1.29, 1.82) is 5.26 Å². The number of carbonyl (C=O) groups is 2. The smallest absolute Gasteiger partial charge is 0.273 e. The Kier molecular flexibility index (Phi) is 6.39.